The van der Waals surface area contributed by atoms with Crippen LogP contribution in [0, 0.1) is 5.82 Å². The number of hydrogen-bond donors (Lipinski definition) is 1. The lowest BCUT2D eigenvalue weighted by molar-refractivity contribution is -0.144. The van der Waals surface area contributed by atoms with Crippen LogP contribution in [0.15, 0.2) is 42.5 Å². The number of halogens is 1. The van der Waals surface area contributed by atoms with Crippen LogP contribution in [0.4, 0.5) is 4.39 Å². The average molecular weight is 301 g/mol. The molecule has 3 aromatic rings. The Labute approximate surface area is 124 Å². The molecule has 0 saturated heterocycles. The highest BCUT2D eigenvalue weighted by molar-refractivity contribution is 5.76. The summed E-state index contributed by atoms with van der Waals surface area (Å²) in [6, 6.07) is 11.0. The van der Waals surface area contributed by atoms with Crippen LogP contribution in [-0.2, 0) is 4.79 Å². The molecular weight excluding hydrogens is 289 g/mol. The molecule has 1 heterocycles. The van der Waals surface area contributed by atoms with Gasteiger partial charge < -0.3 is 9.84 Å². The third kappa shape index (κ3) is 2.60. The Hall–Kier alpha value is -2.96. The first-order valence-corrected chi connectivity index (χ1v) is 6.55. The van der Waals surface area contributed by atoms with Crippen molar-refractivity contribution in [2.24, 2.45) is 0 Å². The van der Waals surface area contributed by atoms with Crippen molar-refractivity contribution in [2.45, 2.75) is 13.0 Å². The molecule has 0 fully saturated rings. The molecule has 2 aromatic carbocycles. The maximum Gasteiger partial charge on any atom is 0.344 e. The summed E-state index contributed by atoms with van der Waals surface area (Å²) in [5.41, 5.74) is 1.85. The standard InChI is InChI=1S/C15H12FN3O3/c1-9(15(20)21)22-12-5-3-11(4-6-12)19-14-7-2-10(16)8-13(14)17-18-19/h2-9H,1H3,(H,20,21). The minimum Gasteiger partial charge on any atom is -0.479 e. The second kappa shape index (κ2) is 5.44. The summed E-state index contributed by atoms with van der Waals surface area (Å²) in [5, 5.41) is 16.7. The van der Waals surface area contributed by atoms with Crippen LogP contribution in [0.2, 0.25) is 0 Å². The molecular formula is C15H12FN3O3. The largest absolute Gasteiger partial charge is 0.479 e. The lowest BCUT2D eigenvalue weighted by Crippen LogP contribution is -2.22. The first-order valence-electron chi connectivity index (χ1n) is 6.55. The van der Waals surface area contributed by atoms with Crippen molar-refractivity contribution in [2.75, 3.05) is 0 Å². The Morgan fingerprint density at radius 1 is 1.27 bits per heavy atom. The summed E-state index contributed by atoms with van der Waals surface area (Å²) in [7, 11) is 0. The number of aliphatic carboxylic acids is 1. The molecule has 0 aliphatic rings. The van der Waals surface area contributed by atoms with Crippen molar-refractivity contribution in [1.29, 1.82) is 0 Å². The number of benzene rings is 2. The number of carboxylic acids is 1. The summed E-state index contributed by atoms with van der Waals surface area (Å²) in [6.07, 6.45) is -0.930. The van der Waals surface area contributed by atoms with Gasteiger partial charge in [0.15, 0.2) is 6.10 Å². The van der Waals surface area contributed by atoms with Crippen LogP contribution >= 0.6 is 0 Å². The summed E-state index contributed by atoms with van der Waals surface area (Å²) in [6.45, 7) is 1.45. The Morgan fingerprint density at radius 3 is 2.68 bits per heavy atom. The van der Waals surface area contributed by atoms with E-state index in [1.807, 2.05) is 0 Å². The molecule has 3 rings (SSSR count). The zero-order valence-electron chi connectivity index (χ0n) is 11.6. The van der Waals surface area contributed by atoms with E-state index in [-0.39, 0.29) is 5.82 Å². The Morgan fingerprint density at radius 2 is 2.00 bits per heavy atom. The SMILES string of the molecule is CC(Oc1ccc(-n2nnc3cc(F)ccc32)cc1)C(=O)O. The third-order valence-corrected chi connectivity index (χ3v) is 3.15. The lowest BCUT2D eigenvalue weighted by atomic mass is 10.2. The van der Waals surface area contributed by atoms with Gasteiger partial charge in [-0.2, -0.15) is 0 Å². The highest BCUT2D eigenvalue weighted by Gasteiger charge is 2.13. The minimum atomic E-state index is -1.03. The summed E-state index contributed by atoms with van der Waals surface area (Å²) in [4.78, 5) is 10.8. The van der Waals surface area contributed by atoms with Crippen LogP contribution in [0.25, 0.3) is 16.7 Å². The molecule has 0 aliphatic carbocycles. The molecule has 1 unspecified atom stereocenters. The summed E-state index contributed by atoms with van der Waals surface area (Å²) in [5.74, 6) is -0.964. The monoisotopic (exact) mass is 301 g/mol. The number of ether oxygens (including phenoxy) is 1. The van der Waals surface area contributed by atoms with Gasteiger partial charge in [-0.15, -0.1) is 5.10 Å². The van der Waals surface area contributed by atoms with E-state index in [0.717, 1.165) is 0 Å². The van der Waals surface area contributed by atoms with Crippen molar-refractivity contribution in [3.63, 3.8) is 0 Å². The Balaban J connectivity index is 1.90. The number of aromatic nitrogens is 3. The van der Waals surface area contributed by atoms with Gasteiger partial charge in [0.25, 0.3) is 0 Å². The zero-order valence-corrected chi connectivity index (χ0v) is 11.6. The molecule has 0 saturated carbocycles. The van der Waals surface area contributed by atoms with Crippen molar-refractivity contribution in [3.8, 4) is 11.4 Å². The van der Waals surface area contributed by atoms with E-state index in [1.54, 1.807) is 35.0 Å². The molecule has 0 bridgehead atoms. The molecule has 1 aromatic heterocycles. The quantitative estimate of drug-likeness (QED) is 0.800. The molecule has 0 aliphatic heterocycles. The molecule has 0 spiro atoms. The number of nitrogens with zero attached hydrogens (tertiary/aromatic N) is 3. The van der Waals surface area contributed by atoms with E-state index in [1.165, 1.54) is 19.1 Å². The fourth-order valence-corrected chi connectivity index (χ4v) is 2.01. The Bertz CT molecular complexity index is 830. The summed E-state index contributed by atoms with van der Waals surface area (Å²) < 4.78 is 20.0. The van der Waals surface area contributed by atoms with Gasteiger partial charge in [-0.25, -0.2) is 13.9 Å². The Kier molecular flexibility index (Phi) is 3.46. The molecule has 1 N–H and O–H groups in total. The predicted molar refractivity (Wildman–Crippen MR) is 76.5 cm³/mol. The lowest BCUT2D eigenvalue weighted by Gasteiger charge is -2.10. The van der Waals surface area contributed by atoms with Gasteiger partial charge in [0.1, 0.15) is 17.1 Å². The topological polar surface area (TPSA) is 77.2 Å². The van der Waals surface area contributed by atoms with Gasteiger partial charge in [0.2, 0.25) is 0 Å². The van der Waals surface area contributed by atoms with Gasteiger partial charge >= 0.3 is 5.97 Å². The van der Waals surface area contributed by atoms with Crippen LogP contribution in [0.3, 0.4) is 0 Å². The first-order chi connectivity index (χ1) is 10.5. The van der Waals surface area contributed by atoms with Crippen LogP contribution in [0.1, 0.15) is 6.92 Å². The van der Waals surface area contributed by atoms with Gasteiger partial charge in [0.05, 0.1) is 11.2 Å². The van der Waals surface area contributed by atoms with Gasteiger partial charge in [-0.1, -0.05) is 5.21 Å². The number of carboxylic acid groups (broad SMARTS) is 1. The number of carbonyl (C=O) groups is 1. The highest BCUT2D eigenvalue weighted by Crippen LogP contribution is 2.20. The minimum absolute atomic E-state index is 0.369. The van der Waals surface area contributed by atoms with E-state index < -0.39 is 12.1 Å². The van der Waals surface area contributed by atoms with E-state index >= 15 is 0 Å². The second-order valence-electron chi connectivity index (χ2n) is 4.73. The van der Waals surface area contributed by atoms with E-state index in [4.69, 9.17) is 9.84 Å². The van der Waals surface area contributed by atoms with Crippen molar-refractivity contribution in [3.05, 3.63) is 48.3 Å². The van der Waals surface area contributed by atoms with E-state index in [0.29, 0.717) is 22.5 Å². The highest BCUT2D eigenvalue weighted by atomic mass is 19.1. The third-order valence-electron chi connectivity index (χ3n) is 3.15. The zero-order chi connectivity index (χ0) is 15.7. The van der Waals surface area contributed by atoms with Crippen molar-refractivity contribution in [1.82, 2.24) is 15.0 Å². The number of rotatable bonds is 4. The number of hydrogen-bond acceptors (Lipinski definition) is 4. The van der Waals surface area contributed by atoms with E-state index in [2.05, 4.69) is 10.3 Å². The molecule has 0 radical (unpaired) electrons. The maximum absolute atomic E-state index is 13.1. The molecule has 1 atom stereocenters. The molecule has 22 heavy (non-hydrogen) atoms. The van der Waals surface area contributed by atoms with Crippen LogP contribution in [-0.4, -0.2) is 32.2 Å². The molecule has 7 heteroatoms. The summed E-state index contributed by atoms with van der Waals surface area (Å²) >= 11 is 0. The molecule has 6 nitrogen and oxygen atoms in total. The molecule has 112 valence electrons. The van der Waals surface area contributed by atoms with Gasteiger partial charge in [-0.05, 0) is 43.3 Å². The maximum atomic E-state index is 13.1. The van der Waals surface area contributed by atoms with Crippen LogP contribution in [0.5, 0.6) is 5.75 Å². The van der Waals surface area contributed by atoms with Gasteiger partial charge in [0, 0.05) is 6.07 Å². The number of fused-ring (bicyclic) bond motifs is 1. The van der Waals surface area contributed by atoms with E-state index in [9.17, 15) is 9.18 Å². The van der Waals surface area contributed by atoms with Crippen LogP contribution < -0.4 is 4.74 Å². The first kappa shape index (κ1) is 14.0. The smallest absolute Gasteiger partial charge is 0.344 e. The average Bonchev–Trinajstić information content (AvgIpc) is 2.90. The fraction of sp³-hybridized carbons (Fsp3) is 0.133. The van der Waals surface area contributed by atoms with Crippen molar-refractivity contribution >= 4 is 17.0 Å². The van der Waals surface area contributed by atoms with Crippen molar-refractivity contribution < 1.29 is 19.0 Å². The van der Waals surface area contributed by atoms with Gasteiger partial charge in [-0.3, -0.25) is 0 Å². The second-order valence-corrected chi connectivity index (χ2v) is 4.73. The normalized spacial score (nSPS) is 12.3. The molecule has 0 amide bonds. The predicted octanol–water partition coefficient (Wildman–Crippen LogP) is 2.41. The fourth-order valence-electron chi connectivity index (χ4n) is 2.01.